The Morgan fingerprint density at radius 1 is 1.07 bits per heavy atom. The van der Waals surface area contributed by atoms with Gasteiger partial charge in [-0.15, -0.1) is 10.2 Å². The summed E-state index contributed by atoms with van der Waals surface area (Å²) in [5, 5.41) is 11.8. The van der Waals surface area contributed by atoms with Crippen LogP contribution < -0.4 is 10.9 Å². The average Bonchev–Trinajstić information content (AvgIpc) is 3.61. The van der Waals surface area contributed by atoms with E-state index in [1.807, 2.05) is 29.8 Å². The number of rotatable bonds is 9. The van der Waals surface area contributed by atoms with Crippen LogP contribution in [0.15, 0.2) is 53.8 Å². The average molecular weight is 565 g/mol. The molecule has 2 saturated carbocycles. The topological polar surface area (TPSA) is 77.6 Å². The highest BCUT2D eigenvalue weighted by atomic mass is 19.4. The molecular formula is C31H35F3N6O. The van der Waals surface area contributed by atoms with E-state index in [0.29, 0.717) is 29.1 Å². The first kappa shape index (κ1) is 27.6. The fourth-order valence-electron chi connectivity index (χ4n) is 6.71. The van der Waals surface area contributed by atoms with Crippen molar-refractivity contribution >= 4 is 10.9 Å². The van der Waals surface area contributed by atoms with E-state index in [-0.39, 0.29) is 22.9 Å². The number of benzene rings is 2. The molecule has 2 aliphatic rings. The molecule has 41 heavy (non-hydrogen) atoms. The number of hydrogen-bond donors (Lipinski definition) is 1. The molecule has 0 saturated heterocycles. The van der Waals surface area contributed by atoms with Gasteiger partial charge in [-0.3, -0.25) is 9.36 Å². The summed E-state index contributed by atoms with van der Waals surface area (Å²) in [5.74, 6) is 1.33. The van der Waals surface area contributed by atoms with E-state index in [1.165, 1.54) is 23.7 Å². The minimum absolute atomic E-state index is 0.0457. The second-order valence-electron chi connectivity index (χ2n) is 12.0. The third-order valence-corrected chi connectivity index (χ3v) is 9.27. The molecule has 0 bridgehead atoms. The molecule has 6 rings (SSSR count). The summed E-state index contributed by atoms with van der Waals surface area (Å²) in [5.41, 5.74) is 0.281. The summed E-state index contributed by atoms with van der Waals surface area (Å²) >= 11 is 0. The fourth-order valence-corrected chi connectivity index (χ4v) is 6.71. The monoisotopic (exact) mass is 564 g/mol. The van der Waals surface area contributed by atoms with Crippen molar-refractivity contribution in [1.82, 2.24) is 29.6 Å². The van der Waals surface area contributed by atoms with Crippen molar-refractivity contribution in [3.63, 3.8) is 0 Å². The molecule has 2 heterocycles. The number of aryl methyl sites for hydroxylation is 1. The van der Waals surface area contributed by atoms with Gasteiger partial charge in [0.15, 0.2) is 0 Å². The molecule has 2 aromatic carbocycles. The van der Waals surface area contributed by atoms with Crippen molar-refractivity contribution in [3.8, 4) is 5.69 Å². The second kappa shape index (κ2) is 10.1. The molecule has 10 heteroatoms. The van der Waals surface area contributed by atoms with Crippen LogP contribution in [0.1, 0.15) is 74.9 Å². The second-order valence-corrected chi connectivity index (χ2v) is 12.0. The third kappa shape index (κ3) is 4.86. The van der Waals surface area contributed by atoms with Crippen molar-refractivity contribution in [2.24, 2.45) is 18.4 Å². The number of halogens is 3. The van der Waals surface area contributed by atoms with Gasteiger partial charge in [-0.25, -0.2) is 4.98 Å². The van der Waals surface area contributed by atoms with Crippen molar-refractivity contribution in [2.45, 2.75) is 70.5 Å². The molecule has 2 aliphatic carbocycles. The smallest absolute Gasteiger partial charge is 0.320 e. The van der Waals surface area contributed by atoms with E-state index in [2.05, 4.69) is 34.3 Å². The molecule has 1 spiro atoms. The van der Waals surface area contributed by atoms with E-state index >= 15 is 0 Å². The van der Waals surface area contributed by atoms with Gasteiger partial charge in [0.1, 0.15) is 18.5 Å². The molecule has 0 atom stereocenters. The van der Waals surface area contributed by atoms with Crippen LogP contribution in [0, 0.1) is 11.3 Å². The van der Waals surface area contributed by atoms with E-state index < -0.39 is 17.3 Å². The Kier molecular flexibility index (Phi) is 6.79. The number of nitrogens with one attached hydrogen (secondary N) is 1. The quantitative estimate of drug-likeness (QED) is 0.273. The van der Waals surface area contributed by atoms with E-state index in [1.54, 1.807) is 18.5 Å². The van der Waals surface area contributed by atoms with Gasteiger partial charge in [-0.2, -0.15) is 13.2 Å². The molecule has 0 radical (unpaired) electrons. The first-order valence-electron chi connectivity index (χ1n) is 14.4. The van der Waals surface area contributed by atoms with Gasteiger partial charge in [0.05, 0.1) is 27.6 Å². The summed E-state index contributed by atoms with van der Waals surface area (Å²) < 4.78 is 45.6. The standard InChI is InChI=1S/C31H35F3N6O/c1-4-20(5-2)14-35-15-21-11-24-26(25(12-21)31(32,33)34)36-18-40(27(24)41)23-8-6-7-22(13-23)30(16-29(17-30)9-10-29)28-38-37-19-39(28)3/h6-8,11-13,18-20,35H,4-5,9-10,14-17H2,1-3H3. The zero-order chi connectivity index (χ0) is 29.0. The van der Waals surface area contributed by atoms with Gasteiger partial charge in [-0.05, 0) is 79.0 Å². The molecule has 0 amide bonds. The third-order valence-electron chi connectivity index (χ3n) is 9.27. The molecule has 216 valence electrons. The molecule has 4 aromatic rings. The molecule has 0 aliphatic heterocycles. The summed E-state index contributed by atoms with van der Waals surface area (Å²) in [7, 11) is 1.94. The maximum atomic E-state index is 14.1. The highest BCUT2D eigenvalue weighted by molar-refractivity contribution is 5.82. The SMILES string of the molecule is CCC(CC)CNCc1cc(C(F)(F)F)c2ncn(-c3cccc(C4(c5nncn5C)CC5(CC5)C4)c3)c(=O)c2c1. The molecular weight excluding hydrogens is 529 g/mol. The van der Waals surface area contributed by atoms with Gasteiger partial charge in [-0.1, -0.05) is 38.8 Å². The Hall–Kier alpha value is -3.53. The van der Waals surface area contributed by atoms with Crippen LogP contribution in [0.4, 0.5) is 13.2 Å². The highest BCUT2D eigenvalue weighted by Crippen LogP contribution is 2.70. The number of aromatic nitrogens is 5. The van der Waals surface area contributed by atoms with E-state index in [4.69, 9.17) is 0 Å². The maximum Gasteiger partial charge on any atom is 0.418 e. The van der Waals surface area contributed by atoms with E-state index in [9.17, 15) is 18.0 Å². The summed E-state index contributed by atoms with van der Waals surface area (Å²) in [4.78, 5) is 18.0. The van der Waals surface area contributed by atoms with Crippen molar-refractivity contribution < 1.29 is 13.2 Å². The Morgan fingerprint density at radius 3 is 2.46 bits per heavy atom. The lowest BCUT2D eigenvalue weighted by Gasteiger charge is -2.48. The lowest BCUT2D eigenvalue weighted by atomic mass is 9.56. The summed E-state index contributed by atoms with van der Waals surface area (Å²) in [6.07, 6.45) is 4.58. The molecule has 2 fully saturated rings. The summed E-state index contributed by atoms with van der Waals surface area (Å²) in [6.45, 7) is 5.13. The van der Waals surface area contributed by atoms with E-state index in [0.717, 1.165) is 43.1 Å². The minimum Gasteiger partial charge on any atom is -0.320 e. The number of hydrogen-bond acceptors (Lipinski definition) is 5. The zero-order valence-electron chi connectivity index (χ0n) is 23.6. The van der Waals surface area contributed by atoms with Crippen molar-refractivity contribution in [1.29, 1.82) is 0 Å². The first-order chi connectivity index (χ1) is 19.6. The Balaban J connectivity index is 1.41. The van der Waals surface area contributed by atoms with Crippen molar-refractivity contribution in [2.75, 3.05) is 6.54 Å². The van der Waals surface area contributed by atoms with Crippen LogP contribution in [0.2, 0.25) is 0 Å². The predicted octanol–water partition coefficient (Wildman–Crippen LogP) is 5.92. The molecule has 2 aromatic heterocycles. The number of fused-ring (bicyclic) bond motifs is 1. The fraction of sp³-hybridized carbons (Fsp3) is 0.484. The van der Waals surface area contributed by atoms with Crippen LogP contribution >= 0.6 is 0 Å². The largest absolute Gasteiger partial charge is 0.418 e. The highest BCUT2D eigenvalue weighted by Gasteiger charge is 2.63. The van der Waals surface area contributed by atoms with Gasteiger partial charge >= 0.3 is 6.18 Å². The Labute approximate surface area is 236 Å². The molecule has 0 unspecified atom stereocenters. The first-order valence-corrected chi connectivity index (χ1v) is 14.4. The lowest BCUT2D eigenvalue weighted by molar-refractivity contribution is -0.136. The van der Waals surface area contributed by atoms with Crippen LogP contribution in [0.25, 0.3) is 16.6 Å². The minimum atomic E-state index is -4.64. The van der Waals surface area contributed by atoms with Gasteiger partial charge in [0, 0.05) is 13.6 Å². The normalized spacial score (nSPS) is 17.3. The Morgan fingerprint density at radius 2 is 1.83 bits per heavy atom. The van der Waals surface area contributed by atoms with Gasteiger partial charge in [0.2, 0.25) is 0 Å². The molecule has 7 nitrogen and oxygen atoms in total. The Bertz CT molecular complexity index is 1640. The van der Waals surface area contributed by atoms with Crippen molar-refractivity contribution in [3.05, 3.63) is 81.9 Å². The molecule has 1 N–H and O–H groups in total. The lowest BCUT2D eigenvalue weighted by Crippen LogP contribution is -2.45. The van der Waals surface area contributed by atoms with Crippen LogP contribution in [-0.2, 0) is 25.2 Å². The van der Waals surface area contributed by atoms with Crippen LogP contribution in [-0.4, -0.2) is 30.9 Å². The van der Waals surface area contributed by atoms with Crippen LogP contribution in [0.3, 0.4) is 0 Å². The summed E-state index contributed by atoms with van der Waals surface area (Å²) in [6, 6.07) is 10.3. The van der Waals surface area contributed by atoms with Gasteiger partial charge < -0.3 is 9.88 Å². The zero-order valence-corrected chi connectivity index (χ0v) is 23.6. The van der Waals surface area contributed by atoms with Crippen LogP contribution in [0.5, 0.6) is 0 Å². The van der Waals surface area contributed by atoms with Gasteiger partial charge in [0.25, 0.3) is 5.56 Å². The number of alkyl halides is 3. The maximum absolute atomic E-state index is 14.1. The number of nitrogens with zero attached hydrogens (tertiary/aromatic N) is 5. The predicted molar refractivity (Wildman–Crippen MR) is 151 cm³/mol.